The van der Waals surface area contributed by atoms with E-state index in [1.54, 1.807) is 12.3 Å². The molecule has 3 heteroatoms. The summed E-state index contributed by atoms with van der Waals surface area (Å²) in [6.45, 7) is 0. The molecule has 78 valence electrons. The zero-order valence-electron chi connectivity index (χ0n) is 8.74. The second-order valence-corrected chi connectivity index (χ2v) is 4.02. The van der Waals surface area contributed by atoms with Gasteiger partial charge < -0.3 is 5.32 Å². The van der Waals surface area contributed by atoms with E-state index in [9.17, 15) is 0 Å². The van der Waals surface area contributed by atoms with Crippen LogP contribution in [0.25, 0.3) is 0 Å². The molecule has 0 spiro atoms. The third kappa shape index (κ3) is 2.69. The van der Waals surface area contributed by atoms with Crippen molar-refractivity contribution in [2.75, 3.05) is 5.32 Å². The van der Waals surface area contributed by atoms with E-state index in [1.807, 2.05) is 12.1 Å². The first-order valence-electron chi connectivity index (χ1n) is 5.51. The first-order chi connectivity index (χ1) is 7.38. The third-order valence-electron chi connectivity index (χ3n) is 2.85. The van der Waals surface area contributed by atoms with Gasteiger partial charge in [-0.25, -0.2) is 4.98 Å². The number of pyridine rings is 1. The van der Waals surface area contributed by atoms with Crippen molar-refractivity contribution in [2.24, 2.45) is 0 Å². The monoisotopic (exact) mass is 201 g/mol. The summed E-state index contributed by atoms with van der Waals surface area (Å²) < 4.78 is 0. The Bertz CT molecular complexity index is 344. The van der Waals surface area contributed by atoms with Crippen LogP contribution in [0.2, 0.25) is 0 Å². The fourth-order valence-corrected chi connectivity index (χ4v) is 2.03. The molecule has 1 saturated carbocycles. The molecule has 15 heavy (non-hydrogen) atoms. The van der Waals surface area contributed by atoms with E-state index in [-0.39, 0.29) is 0 Å². The lowest BCUT2D eigenvalue weighted by Gasteiger charge is -2.23. The molecular formula is C12H15N3. The van der Waals surface area contributed by atoms with Crippen molar-refractivity contribution in [3.63, 3.8) is 0 Å². The van der Waals surface area contributed by atoms with Gasteiger partial charge in [0.1, 0.15) is 11.8 Å². The molecule has 0 atom stereocenters. The summed E-state index contributed by atoms with van der Waals surface area (Å²) in [5, 5.41) is 12.1. The maximum Gasteiger partial charge on any atom is 0.140 e. The average Bonchev–Trinajstić information content (AvgIpc) is 2.31. The predicted octanol–water partition coefficient (Wildman–Crippen LogP) is 2.70. The van der Waals surface area contributed by atoms with Gasteiger partial charge in [-0.05, 0) is 25.0 Å². The van der Waals surface area contributed by atoms with Gasteiger partial charge in [0.2, 0.25) is 0 Å². The molecule has 0 radical (unpaired) electrons. The van der Waals surface area contributed by atoms with E-state index in [1.165, 1.54) is 32.1 Å². The summed E-state index contributed by atoms with van der Waals surface area (Å²) in [6, 6.07) is 6.30. The van der Waals surface area contributed by atoms with Crippen LogP contribution in [0.5, 0.6) is 0 Å². The maximum atomic E-state index is 8.62. The van der Waals surface area contributed by atoms with Crippen molar-refractivity contribution in [1.82, 2.24) is 4.98 Å². The number of rotatable bonds is 2. The Morgan fingerprint density at radius 2 is 2.07 bits per heavy atom. The Morgan fingerprint density at radius 3 is 2.67 bits per heavy atom. The fraction of sp³-hybridized carbons (Fsp3) is 0.500. The lowest BCUT2D eigenvalue weighted by Crippen LogP contribution is -2.22. The van der Waals surface area contributed by atoms with Crippen molar-refractivity contribution < 1.29 is 0 Å². The van der Waals surface area contributed by atoms with E-state index in [0.717, 1.165) is 5.69 Å². The molecule has 2 rings (SSSR count). The first-order valence-corrected chi connectivity index (χ1v) is 5.51. The molecule has 3 nitrogen and oxygen atoms in total. The molecule has 0 unspecified atom stereocenters. The van der Waals surface area contributed by atoms with Crippen LogP contribution in [0.15, 0.2) is 18.3 Å². The lowest BCUT2D eigenvalue weighted by molar-refractivity contribution is 0.462. The van der Waals surface area contributed by atoms with Crippen molar-refractivity contribution in [1.29, 1.82) is 5.26 Å². The Morgan fingerprint density at radius 1 is 1.27 bits per heavy atom. The van der Waals surface area contributed by atoms with Crippen molar-refractivity contribution in [3.8, 4) is 6.07 Å². The molecule has 1 heterocycles. The summed E-state index contributed by atoms with van der Waals surface area (Å²) in [7, 11) is 0. The molecule has 0 aromatic carbocycles. The van der Waals surface area contributed by atoms with Crippen LogP contribution >= 0.6 is 0 Å². The Kier molecular flexibility index (Phi) is 3.18. The average molecular weight is 201 g/mol. The molecule has 0 bridgehead atoms. The van der Waals surface area contributed by atoms with Crippen LogP contribution in [0.1, 0.15) is 37.8 Å². The number of anilines is 1. The number of nitriles is 1. The normalized spacial score (nSPS) is 17.0. The third-order valence-corrected chi connectivity index (χ3v) is 2.85. The van der Waals surface area contributed by atoms with Crippen molar-refractivity contribution >= 4 is 5.69 Å². The number of hydrogen-bond acceptors (Lipinski definition) is 3. The van der Waals surface area contributed by atoms with Crippen molar-refractivity contribution in [3.05, 3.63) is 24.0 Å². The molecular weight excluding hydrogens is 186 g/mol. The lowest BCUT2D eigenvalue weighted by atomic mass is 9.95. The maximum absolute atomic E-state index is 8.62. The summed E-state index contributed by atoms with van der Waals surface area (Å²) in [5.41, 5.74) is 1.50. The summed E-state index contributed by atoms with van der Waals surface area (Å²) in [5.74, 6) is 0. The largest absolute Gasteiger partial charge is 0.381 e. The SMILES string of the molecule is N#Cc1ccc(NC2CCCCC2)cn1. The van der Waals surface area contributed by atoms with Gasteiger partial charge in [0, 0.05) is 6.04 Å². The van der Waals surface area contributed by atoms with Crippen LogP contribution in [0, 0.1) is 11.3 Å². The van der Waals surface area contributed by atoms with Gasteiger partial charge in [-0.15, -0.1) is 0 Å². The smallest absolute Gasteiger partial charge is 0.140 e. The minimum atomic E-state index is 0.476. The minimum Gasteiger partial charge on any atom is -0.381 e. The second kappa shape index (κ2) is 4.79. The highest BCUT2D eigenvalue weighted by Gasteiger charge is 2.12. The standard InChI is InChI=1S/C12H15N3/c13-8-11-6-7-12(9-14-11)15-10-4-2-1-3-5-10/h6-7,9-10,15H,1-5H2. The van der Waals surface area contributed by atoms with E-state index in [2.05, 4.69) is 10.3 Å². The zero-order valence-corrected chi connectivity index (χ0v) is 8.74. The number of nitrogens with zero attached hydrogens (tertiary/aromatic N) is 2. The zero-order chi connectivity index (χ0) is 10.5. The van der Waals surface area contributed by atoms with Gasteiger partial charge in [-0.2, -0.15) is 5.26 Å². The topological polar surface area (TPSA) is 48.7 Å². The summed E-state index contributed by atoms with van der Waals surface area (Å²) in [4.78, 5) is 4.04. The Hall–Kier alpha value is -1.56. The summed E-state index contributed by atoms with van der Waals surface area (Å²) in [6.07, 6.45) is 8.25. The van der Waals surface area contributed by atoms with Gasteiger partial charge in [-0.1, -0.05) is 19.3 Å². The van der Waals surface area contributed by atoms with Gasteiger partial charge >= 0.3 is 0 Å². The van der Waals surface area contributed by atoms with Gasteiger partial charge in [0.15, 0.2) is 0 Å². The highest BCUT2D eigenvalue weighted by atomic mass is 14.9. The molecule has 0 amide bonds. The van der Waals surface area contributed by atoms with Gasteiger partial charge in [-0.3, -0.25) is 0 Å². The number of hydrogen-bond donors (Lipinski definition) is 1. The molecule has 1 aliphatic carbocycles. The molecule has 1 fully saturated rings. The molecule has 1 aromatic heterocycles. The summed E-state index contributed by atoms with van der Waals surface area (Å²) >= 11 is 0. The molecule has 0 aliphatic heterocycles. The molecule has 1 N–H and O–H groups in total. The number of nitrogens with one attached hydrogen (secondary N) is 1. The predicted molar refractivity (Wildman–Crippen MR) is 59.4 cm³/mol. The van der Waals surface area contributed by atoms with E-state index >= 15 is 0 Å². The van der Waals surface area contributed by atoms with Crippen LogP contribution in [-0.4, -0.2) is 11.0 Å². The van der Waals surface area contributed by atoms with Crippen molar-refractivity contribution in [2.45, 2.75) is 38.1 Å². The quantitative estimate of drug-likeness (QED) is 0.800. The van der Waals surface area contributed by atoms with Crippen LogP contribution in [0.3, 0.4) is 0 Å². The second-order valence-electron chi connectivity index (χ2n) is 4.02. The fourth-order valence-electron chi connectivity index (χ4n) is 2.03. The molecule has 1 aliphatic rings. The molecule has 1 aromatic rings. The Balaban J connectivity index is 1.95. The Labute approximate surface area is 90.1 Å². The van der Waals surface area contributed by atoms with Crippen LogP contribution in [0.4, 0.5) is 5.69 Å². The van der Waals surface area contributed by atoms with Crippen LogP contribution < -0.4 is 5.32 Å². The first kappa shape index (κ1) is 9.97. The molecule has 0 saturated heterocycles. The number of aromatic nitrogens is 1. The van der Waals surface area contributed by atoms with Gasteiger partial charge in [0.25, 0.3) is 0 Å². The highest BCUT2D eigenvalue weighted by Crippen LogP contribution is 2.21. The van der Waals surface area contributed by atoms with E-state index in [0.29, 0.717) is 11.7 Å². The van der Waals surface area contributed by atoms with E-state index in [4.69, 9.17) is 5.26 Å². The highest BCUT2D eigenvalue weighted by molar-refractivity contribution is 5.43. The van der Waals surface area contributed by atoms with Gasteiger partial charge in [0.05, 0.1) is 11.9 Å². The minimum absolute atomic E-state index is 0.476. The van der Waals surface area contributed by atoms with Crippen LogP contribution in [-0.2, 0) is 0 Å². The van der Waals surface area contributed by atoms with E-state index < -0.39 is 0 Å².